The van der Waals surface area contributed by atoms with E-state index < -0.39 is 0 Å². The number of hydrogen-bond donors (Lipinski definition) is 3. The van der Waals surface area contributed by atoms with Gasteiger partial charge in [0.25, 0.3) is 0 Å². The third-order valence-corrected chi connectivity index (χ3v) is 2.69. The number of hydrogen-bond acceptors (Lipinski definition) is 2. The number of anilines is 1. The lowest BCUT2D eigenvalue weighted by Crippen LogP contribution is -2.28. The zero-order chi connectivity index (χ0) is 13.7. The van der Waals surface area contributed by atoms with Gasteiger partial charge in [-0.3, -0.25) is 0 Å². The van der Waals surface area contributed by atoms with E-state index >= 15 is 0 Å². The van der Waals surface area contributed by atoms with Gasteiger partial charge in [-0.05, 0) is 24.6 Å². The van der Waals surface area contributed by atoms with Crippen molar-refractivity contribution in [3.05, 3.63) is 59.7 Å². The van der Waals surface area contributed by atoms with Gasteiger partial charge in [0.2, 0.25) is 0 Å². The Balaban J connectivity index is 1.90. The molecule has 0 aromatic heterocycles. The molecule has 0 unspecified atom stereocenters. The molecule has 0 bridgehead atoms. The molecule has 0 fully saturated rings. The van der Waals surface area contributed by atoms with E-state index in [1.54, 1.807) is 18.2 Å². The fraction of sp³-hybridized carbons (Fsp3) is 0.133. The van der Waals surface area contributed by atoms with Gasteiger partial charge in [-0.2, -0.15) is 0 Å². The first-order valence-corrected chi connectivity index (χ1v) is 6.03. The highest BCUT2D eigenvalue weighted by molar-refractivity contribution is 5.90. The molecule has 0 saturated carbocycles. The topological polar surface area (TPSA) is 61.4 Å². The molecule has 2 rings (SSSR count). The van der Waals surface area contributed by atoms with E-state index in [9.17, 15) is 9.90 Å². The van der Waals surface area contributed by atoms with Gasteiger partial charge >= 0.3 is 6.03 Å². The normalized spacial score (nSPS) is 9.95. The van der Waals surface area contributed by atoms with E-state index in [4.69, 9.17) is 0 Å². The molecule has 4 nitrogen and oxygen atoms in total. The van der Waals surface area contributed by atoms with Crippen molar-refractivity contribution in [2.75, 3.05) is 5.32 Å². The van der Waals surface area contributed by atoms with Crippen molar-refractivity contribution in [2.45, 2.75) is 13.5 Å². The van der Waals surface area contributed by atoms with Crippen LogP contribution in [0.2, 0.25) is 0 Å². The number of phenols is 1. The number of nitrogens with one attached hydrogen (secondary N) is 2. The number of urea groups is 1. The molecule has 19 heavy (non-hydrogen) atoms. The lowest BCUT2D eigenvalue weighted by Gasteiger charge is -2.09. The second-order valence-corrected chi connectivity index (χ2v) is 4.31. The van der Waals surface area contributed by atoms with Crippen LogP contribution in [0.25, 0.3) is 0 Å². The summed E-state index contributed by atoms with van der Waals surface area (Å²) in [5.74, 6) is 0.0493. The highest BCUT2D eigenvalue weighted by Gasteiger charge is 2.04. The van der Waals surface area contributed by atoms with Crippen molar-refractivity contribution in [2.24, 2.45) is 0 Å². The van der Waals surface area contributed by atoms with Crippen LogP contribution in [-0.4, -0.2) is 11.1 Å². The van der Waals surface area contributed by atoms with E-state index in [-0.39, 0.29) is 11.8 Å². The molecule has 4 heteroatoms. The van der Waals surface area contributed by atoms with Gasteiger partial charge < -0.3 is 15.7 Å². The predicted molar refractivity (Wildman–Crippen MR) is 75.1 cm³/mol. The summed E-state index contributed by atoms with van der Waals surface area (Å²) in [5, 5.41) is 14.9. The summed E-state index contributed by atoms with van der Waals surface area (Å²) in [7, 11) is 0. The summed E-state index contributed by atoms with van der Waals surface area (Å²) in [4.78, 5) is 11.7. The van der Waals surface area contributed by atoms with Crippen molar-refractivity contribution in [3.8, 4) is 5.75 Å². The zero-order valence-corrected chi connectivity index (χ0v) is 10.7. The molecule has 0 atom stereocenters. The van der Waals surface area contributed by atoms with Crippen LogP contribution in [0.4, 0.5) is 10.5 Å². The Bertz CT molecular complexity index is 582. The van der Waals surface area contributed by atoms with Gasteiger partial charge in [-0.1, -0.05) is 42.0 Å². The predicted octanol–water partition coefficient (Wildman–Crippen LogP) is 3.02. The van der Waals surface area contributed by atoms with Gasteiger partial charge in [0.15, 0.2) is 0 Å². The standard InChI is InChI=1S/C15H16N2O2/c1-11-5-4-6-12(9-11)10-16-15(19)17-13-7-2-3-8-14(13)18/h2-9,18H,10H2,1H3,(H2,16,17,19). The molecular formula is C15H16N2O2. The van der Waals surface area contributed by atoms with Gasteiger partial charge in [-0.15, -0.1) is 0 Å². The number of aryl methyl sites for hydroxylation is 1. The first-order chi connectivity index (χ1) is 9.15. The number of phenolic OH excluding ortho intramolecular Hbond substituents is 1. The highest BCUT2D eigenvalue weighted by atomic mass is 16.3. The highest BCUT2D eigenvalue weighted by Crippen LogP contribution is 2.21. The quantitative estimate of drug-likeness (QED) is 0.739. The summed E-state index contributed by atoms with van der Waals surface area (Å²) < 4.78 is 0. The second kappa shape index (κ2) is 5.91. The third-order valence-electron chi connectivity index (χ3n) is 2.69. The minimum atomic E-state index is -0.344. The summed E-state index contributed by atoms with van der Waals surface area (Å²) in [6.45, 7) is 2.45. The van der Waals surface area contributed by atoms with Crippen LogP contribution in [-0.2, 0) is 6.54 Å². The van der Waals surface area contributed by atoms with Crippen LogP contribution in [0.5, 0.6) is 5.75 Å². The molecular weight excluding hydrogens is 240 g/mol. The fourth-order valence-corrected chi connectivity index (χ4v) is 1.75. The van der Waals surface area contributed by atoms with Gasteiger partial charge in [0.1, 0.15) is 5.75 Å². The number of rotatable bonds is 3. The van der Waals surface area contributed by atoms with E-state index in [0.717, 1.165) is 11.1 Å². The molecule has 0 radical (unpaired) electrons. The molecule has 2 aromatic carbocycles. The van der Waals surface area contributed by atoms with Crippen LogP contribution in [0, 0.1) is 6.92 Å². The summed E-state index contributed by atoms with van der Waals surface area (Å²) in [6.07, 6.45) is 0. The Morgan fingerprint density at radius 2 is 1.95 bits per heavy atom. The first kappa shape index (κ1) is 13.0. The largest absolute Gasteiger partial charge is 0.506 e. The lowest BCUT2D eigenvalue weighted by molar-refractivity contribution is 0.251. The number of carbonyl (C=O) groups excluding carboxylic acids is 1. The van der Waals surface area contributed by atoms with E-state index in [1.807, 2.05) is 31.2 Å². The Labute approximate surface area is 112 Å². The fourth-order valence-electron chi connectivity index (χ4n) is 1.75. The average molecular weight is 256 g/mol. The number of aromatic hydroxyl groups is 1. The van der Waals surface area contributed by atoms with Crippen LogP contribution in [0.3, 0.4) is 0 Å². The molecule has 0 saturated heterocycles. The van der Waals surface area contributed by atoms with Crippen molar-refractivity contribution in [3.63, 3.8) is 0 Å². The Hall–Kier alpha value is -2.49. The Kier molecular flexibility index (Phi) is 4.03. The van der Waals surface area contributed by atoms with Crippen molar-refractivity contribution >= 4 is 11.7 Å². The number of amides is 2. The van der Waals surface area contributed by atoms with Crippen LogP contribution in [0.1, 0.15) is 11.1 Å². The maximum atomic E-state index is 11.7. The summed E-state index contributed by atoms with van der Waals surface area (Å²) in [5.41, 5.74) is 2.58. The van der Waals surface area contributed by atoms with Gasteiger partial charge in [0, 0.05) is 6.54 Å². The van der Waals surface area contributed by atoms with Crippen molar-refractivity contribution < 1.29 is 9.90 Å². The molecule has 0 aliphatic heterocycles. The summed E-state index contributed by atoms with van der Waals surface area (Å²) >= 11 is 0. The van der Waals surface area contributed by atoms with Crippen LogP contribution < -0.4 is 10.6 Å². The second-order valence-electron chi connectivity index (χ2n) is 4.31. The Morgan fingerprint density at radius 1 is 1.16 bits per heavy atom. The SMILES string of the molecule is Cc1cccc(CNC(=O)Nc2ccccc2O)c1. The molecule has 98 valence electrons. The molecule has 2 aromatic rings. The maximum Gasteiger partial charge on any atom is 0.319 e. The molecule has 0 heterocycles. The summed E-state index contributed by atoms with van der Waals surface area (Å²) in [6, 6.07) is 14.2. The average Bonchev–Trinajstić information content (AvgIpc) is 2.39. The number of carbonyl (C=O) groups is 1. The van der Waals surface area contributed by atoms with E-state index in [1.165, 1.54) is 6.07 Å². The monoisotopic (exact) mass is 256 g/mol. The zero-order valence-electron chi connectivity index (χ0n) is 10.7. The first-order valence-electron chi connectivity index (χ1n) is 6.03. The molecule has 2 amide bonds. The van der Waals surface area contributed by atoms with Gasteiger partial charge in [-0.25, -0.2) is 4.79 Å². The number of benzene rings is 2. The smallest absolute Gasteiger partial charge is 0.319 e. The lowest BCUT2D eigenvalue weighted by atomic mass is 10.1. The van der Waals surface area contributed by atoms with E-state index in [2.05, 4.69) is 10.6 Å². The molecule has 3 N–H and O–H groups in total. The molecule has 0 aliphatic carbocycles. The van der Waals surface area contributed by atoms with Crippen LogP contribution in [0.15, 0.2) is 48.5 Å². The van der Waals surface area contributed by atoms with Crippen LogP contribution >= 0.6 is 0 Å². The Morgan fingerprint density at radius 3 is 2.68 bits per heavy atom. The van der Waals surface area contributed by atoms with Crippen molar-refractivity contribution in [1.29, 1.82) is 0 Å². The minimum absolute atomic E-state index is 0.0493. The number of para-hydroxylation sites is 2. The third kappa shape index (κ3) is 3.74. The van der Waals surface area contributed by atoms with Crippen molar-refractivity contribution in [1.82, 2.24) is 5.32 Å². The van der Waals surface area contributed by atoms with Gasteiger partial charge in [0.05, 0.1) is 5.69 Å². The van der Waals surface area contributed by atoms with E-state index in [0.29, 0.717) is 12.2 Å². The molecule has 0 aliphatic rings. The molecule has 0 spiro atoms. The maximum absolute atomic E-state index is 11.7. The minimum Gasteiger partial charge on any atom is -0.506 e.